The standard InChI is InChI=1S/C25H28N2O4/c1-17(2)31-20-12-10-18(11-13-20)22-23(26-14-5-4-6-15-26)25(29)27(24(22)28)19-8-7-9-21(16-19)30-3/h7-13,16-17H,4-6,14-15H2,1-3H3. The lowest BCUT2D eigenvalue weighted by Gasteiger charge is -2.29. The topological polar surface area (TPSA) is 59.1 Å². The third-order valence-corrected chi connectivity index (χ3v) is 5.56. The minimum Gasteiger partial charge on any atom is -0.497 e. The van der Waals surface area contributed by atoms with Crippen LogP contribution >= 0.6 is 0 Å². The fourth-order valence-electron chi connectivity index (χ4n) is 4.15. The van der Waals surface area contributed by atoms with Crippen LogP contribution in [-0.4, -0.2) is 43.0 Å². The number of hydrogen-bond acceptors (Lipinski definition) is 5. The molecule has 0 aliphatic carbocycles. The molecule has 31 heavy (non-hydrogen) atoms. The number of hydrogen-bond donors (Lipinski definition) is 0. The number of amides is 2. The predicted octanol–water partition coefficient (Wildman–Crippen LogP) is 4.25. The molecule has 2 aromatic rings. The number of rotatable bonds is 6. The molecule has 6 nitrogen and oxygen atoms in total. The Morgan fingerprint density at radius 1 is 0.871 bits per heavy atom. The summed E-state index contributed by atoms with van der Waals surface area (Å²) < 4.78 is 11.0. The van der Waals surface area contributed by atoms with Gasteiger partial charge in [-0.15, -0.1) is 0 Å². The van der Waals surface area contributed by atoms with Crippen molar-refractivity contribution >= 4 is 23.1 Å². The third kappa shape index (κ3) is 4.15. The Hall–Kier alpha value is -3.28. The first-order valence-corrected chi connectivity index (χ1v) is 10.8. The summed E-state index contributed by atoms with van der Waals surface area (Å²) in [6.45, 7) is 5.49. The lowest BCUT2D eigenvalue weighted by molar-refractivity contribution is -0.120. The zero-order chi connectivity index (χ0) is 22.0. The maximum Gasteiger partial charge on any atom is 0.282 e. The molecule has 4 rings (SSSR count). The predicted molar refractivity (Wildman–Crippen MR) is 120 cm³/mol. The van der Waals surface area contributed by atoms with Crippen molar-refractivity contribution in [3.05, 3.63) is 59.8 Å². The van der Waals surface area contributed by atoms with Gasteiger partial charge in [-0.1, -0.05) is 18.2 Å². The van der Waals surface area contributed by atoms with Crippen molar-refractivity contribution in [1.82, 2.24) is 4.90 Å². The molecule has 0 N–H and O–H groups in total. The van der Waals surface area contributed by atoms with E-state index in [0.29, 0.717) is 22.7 Å². The van der Waals surface area contributed by atoms with Gasteiger partial charge in [0, 0.05) is 19.2 Å². The first kappa shape index (κ1) is 21.0. The van der Waals surface area contributed by atoms with E-state index in [4.69, 9.17) is 9.47 Å². The van der Waals surface area contributed by atoms with E-state index in [0.717, 1.165) is 43.7 Å². The van der Waals surface area contributed by atoms with Gasteiger partial charge in [0.25, 0.3) is 11.8 Å². The number of imide groups is 1. The molecule has 0 unspecified atom stereocenters. The summed E-state index contributed by atoms with van der Waals surface area (Å²) >= 11 is 0. The second-order valence-electron chi connectivity index (χ2n) is 8.11. The molecule has 0 aromatic heterocycles. The van der Waals surface area contributed by atoms with E-state index in [9.17, 15) is 9.59 Å². The average molecular weight is 421 g/mol. The summed E-state index contributed by atoms with van der Waals surface area (Å²) in [6, 6.07) is 14.5. The van der Waals surface area contributed by atoms with Crippen LogP contribution in [0.1, 0.15) is 38.7 Å². The molecule has 2 aliphatic heterocycles. The highest BCUT2D eigenvalue weighted by Gasteiger charge is 2.42. The van der Waals surface area contributed by atoms with E-state index in [-0.39, 0.29) is 17.9 Å². The number of carbonyl (C=O) groups excluding carboxylic acids is 2. The van der Waals surface area contributed by atoms with Crippen LogP contribution in [0.3, 0.4) is 0 Å². The molecule has 0 radical (unpaired) electrons. The van der Waals surface area contributed by atoms with E-state index < -0.39 is 0 Å². The summed E-state index contributed by atoms with van der Waals surface area (Å²) in [7, 11) is 1.57. The van der Waals surface area contributed by atoms with Crippen LogP contribution < -0.4 is 14.4 Å². The Morgan fingerprint density at radius 3 is 2.23 bits per heavy atom. The van der Waals surface area contributed by atoms with Crippen molar-refractivity contribution in [2.75, 3.05) is 25.1 Å². The van der Waals surface area contributed by atoms with Crippen molar-refractivity contribution in [1.29, 1.82) is 0 Å². The number of carbonyl (C=O) groups is 2. The van der Waals surface area contributed by atoms with Crippen LogP contribution in [0, 0.1) is 0 Å². The van der Waals surface area contributed by atoms with Crippen LogP contribution in [0.15, 0.2) is 54.2 Å². The van der Waals surface area contributed by atoms with E-state index in [1.165, 1.54) is 4.90 Å². The number of methoxy groups -OCH3 is 1. The smallest absolute Gasteiger partial charge is 0.282 e. The molecular weight excluding hydrogens is 392 g/mol. The summed E-state index contributed by atoms with van der Waals surface area (Å²) in [6.07, 6.45) is 3.23. The fraction of sp³-hybridized carbons (Fsp3) is 0.360. The van der Waals surface area contributed by atoms with Gasteiger partial charge in [-0.2, -0.15) is 0 Å². The molecule has 2 aliphatic rings. The Kier molecular flexibility index (Phi) is 5.98. The highest BCUT2D eigenvalue weighted by atomic mass is 16.5. The fourth-order valence-corrected chi connectivity index (χ4v) is 4.15. The highest BCUT2D eigenvalue weighted by Crippen LogP contribution is 2.37. The van der Waals surface area contributed by atoms with E-state index in [1.54, 1.807) is 31.4 Å². The minimum atomic E-state index is -0.309. The van der Waals surface area contributed by atoms with E-state index in [1.807, 2.05) is 38.1 Å². The maximum absolute atomic E-state index is 13.6. The van der Waals surface area contributed by atoms with Gasteiger partial charge in [-0.05, 0) is 62.9 Å². The minimum absolute atomic E-state index is 0.0622. The molecule has 162 valence electrons. The Morgan fingerprint density at radius 2 is 1.58 bits per heavy atom. The van der Waals surface area contributed by atoms with Gasteiger partial charge in [0.15, 0.2) is 0 Å². The van der Waals surface area contributed by atoms with Crippen molar-refractivity contribution < 1.29 is 19.1 Å². The monoisotopic (exact) mass is 420 g/mol. The zero-order valence-corrected chi connectivity index (χ0v) is 18.3. The molecule has 6 heteroatoms. The molecule has 0 bridgehead atoms. The van der Waals surface area contributed by atoms with E-state index in [2.05, 4.69) is 4.90 Å². The molecule has 1 fully saturated rings. The van der Waals surface area contributed by atoms with Crippen molar-refractivity contribution in [2.24, 2.45) is 0 Å². The number of likely N-dealkylation sites (tertiary alicyclic amines) is 1. The Bertz CT molecular complexity index is 1000. The van der Waals surface area contributed by atoms with Gasteiger partial charge < -0.3 is 14.4 Å². The van der Waals surface area contributed by atoms with Crippen molar-refractivity contribution in [3.8, 4) is 11.5 Å². The molecule has 0 atom stereocenters. The molecule has 2 heterocycles. The van der Waals surface area contributed by atoms with Crippen molar-refractivity contribution in [3.63, 3.8) is 0 Å². The summed E-state index contributed by atoms with van der Waals surface area (Å²) in [5.41, 5.74) is 2.18. The quantitative estimate of drug-likeness (QED) is 0.654. The first-order chi connectivity index (χ1) is 15.0. The average Bonchev–Trinajstić information content (AvgIpc) is 3.04. The summed E-state index contributed by atoms with van der Waals surface area (Å²) in [5.74, 6) is 0.746. The number of ether oxygens (including phenoxy) is 2. The zero-order valence-electron chi connectivity index (χ0n) is 18.3. The first-order valence-electron chi connectivity index (χ1n) is 10.8. The molecular formula is C25H28N2O4. The van der Waals surface area contributed by atoms with Gasteiger partial charge in [0.05, 0.1) is 24.5 Å². The molecule has 2 amide bonds. The second kappa shape index (κ2) is 8.84. The van der Waals surface area contributed by atoms with Gasteiger partial charge in [0.1, 0.15) is 17.2 Å². The Labute approximate surface area is 183 Å². The highest BCUT2D eigenvalue weighted by molar-refractivity contribution is 6.45. The lowest BCUT2D eigenvalue weighted by Crippen LogP contribution is -2.37. The number of nitrogens with zero attached hydrogens (tertiary/aromatic N) is 2. The van der Waals surface area contributed by atoms with Crippen LogP contribution in [0.5, 0.6) is 11.5 Å². The number of benzene rings is 2. The third-order valence-electron chi connectivity index (χ3n) is 5.56. The van der Waals surface area contributed by atoms with Gasteiger partial charge in [-0.25, -0.2) is 4.90 Å². The van der Waals surface area contributed by atoms with Gasteiger partial charge in [-0.3, -0.25) is 9.59 Å². The lowest BCUT2D eigenvalue weighted by atomic mass is 10.0. The van der Waals surface area contributed by atoms with Crippen LogP contribution in [0.4, 0.5) is 5.69 Å². The van der Waals surface area contributed by atoms with Crippen LogP contribution in [0.2, 0.25) is 0 Å². The van der Waals surface area contributed by atoms with Gasteiger partial charge in [0.2, 0.25) is 0 Å². The maximum atomic E-state index is 13.6. The molecule has 2 aromatic carbocycles. The van der Waals surface area contributed by atoms with Crippen molar-refractivity contribution in [2.45, 2.75) is 39.2 Å². The molecule has 0 spiro atoms. The van der Waals surface area contributed by atoms with Crippen LogP contribution in [-0.2, 0) is 9.59 Å². The molecule has 0 saturated carbocycles. The molecule has 1 saturated heterocycles. The second-order valence-corrected chi connectivity index (χ2v) is 8.11. The largest absolute Gasteiger partial charge is 0.497 e. The number of piperidine rings is 1. The summed E-state index contributed by atoms with van der Waals surface area (Å²) in [4.78, 5) is 30.5. The van der Waals surface area contributed by atoms with Crippen LogP contribution in [0.25, 0.3) is 5.57 Å². The summed E-state index contributed by atoms with van der Waals surface area (Å²) in [5, 5.41) is 0. The normalized spacial score (nSPS) is 17.0. The SMILES string of the molecule is COc1cccc(N2C(=O)C(c3ccc(OC(C)C)cc3)=C(N3CCCCC3)C2=O)c1. The number of anilines is 1. The Balaban J connectivity index is 1.76. The van der Waals surface area contributed by atoms with Gasteiger partial charge >= 0.3 is 0 Å². The van der Waals surface area contributed by atoms with E-state index >= 15 is 0 Å².